The summed E-state index contributed by atoms with van der Waals surface area (Å²) in [5, 5.41) is 6.72. The number of aryl methyl sites for hydroxylation is 1. The molecule has 0 saturated carbocycles. The SMILES string of the molecule is CCNC(=NCc1cccc(COC)c1)NCCCc1ccccc1.I. The molecule has 0 fully saturated rings. The van der Waals surface area contributed by atoms with E-state index in [9.17, 15) is 0 Å². The van der Waals surface area contributed by atoms with E-state index in [1.165, 1.54) is 16.7 Å². The van der Waals surface area contributed by atoms with Crippen molar-refractivity contribution in [3.63, 3.8) is 0 Å². The van der Waals surface area contributed by atoms with Gasteiger partial charge in [-0.2, -0.15) is 0 Å². The zero-order valence-corrected chi connectivity index (χ0v) is 18.0. The molecular weight excluding hydrogens is 437 g/mol. The van der Waals surface area contributed by atoms with Crippen LogP contribution in [0.15, 0.2) is 59.6 Å². The summed E-state index contributed by atoms with van der Waals surface area (Å²) in [6, 6.07) is 19.0. The quantitative estimate of drug-likeness (QED) is 0.252. The normalized spacial score (nSPS) is 10.9. The molecule has 142 valence electrons. The third-order valence-electron chi connectivity index (χ3n) is 3.84. The fraction of sp³-hybridized carbons (Fsp3) is 0.381. The van der Waals surface area contributed by atoms with E-state index in [4.69, 9.17) is 4.74 Å². The predicted molar refractivity (Wildman–Crippen MR) is 120 cm³/mol. The number of hydrogen-bond donors (Lipinski definition) is 2. The summed E-state index contributed by atoms with van der Waals surface area (Å²) >= 11 is 0. The number of guanidine groups is 1. The summed E-state index contributed by atoms with van der Waals surface area (Å²) in [5.74, 6) is 0.868. The van der Waals surface area contributed by atoms with Crippen molar-refractivity contribution in [3.8, 4) is 0 Å². The highest BCUT2D eigenvalue weighted by Gasteiger charge is 1.99. The van der Waals surface area contributed by atoms with E-state index in [0.717, 1.165) is 31.9 Å². The second-order valence-electron chi connectivity index (χ2n) is 5.96. The van der Waals surface area contributed by atoms with Crippen LogP contribution in [0.1, 0.15) is 30.0 Å². The summed E-state index contributed by atoms with van der Waals surface area (Å²) < 4.78 is 5.19. The maximum absolute atomic E-state index is 5.19. The van der Waals surface area contributed by atoms with Crippen LogP contribution in [0.4, 0.5) is 0 Å². The Kier molecular flexibility index (Phi) is 11.7. The first-order valence-corrected chi connectivity index (χ1v) is 8.94. The van der Waals surface area contributed by atoms with Gasteiger partial charge in [0.05, 0.1) is 13.2 Å². The molecule has 0 aliphatic rings. The summed E-state index contributed by atoms with van der Waals surface area (Å²) in [5.41, 5.74) is 3.74. The Balaban J connectivity index is 0.00000338. The number of hydrogen-bond acceptors (Lipinski definition) is 2. The number of aliphatic imine (C=N–C) groups is 1. The Hall–Kier alpha value is -1.60. The standard InChI is InChI=1S/C21H29N3O.HI/c1-3-22-21(23-14-8-13-18-9-5-4-6-10-18)24-16-19-11-7-12-20(15-19)17-25-2;/h4-7,9-12,15H,3,8,13-14,16-17H2,1-2H3,(H2,22,23,24);1H. The molecule has 0 aliphatic heterocycles. The number of nitrogens with one attached hydrogen (secondary N) is 2. The Morgan fingerprint density at radius 2 is 1.69 bits per heavy atom. The molecule has 0 bridgehead atoms. The van der Waals surface area contributed by atoms with Gasteiger partial charge in [-0.15, -0.1) is 24.0 Å². The lowest BCUT2D eigenvalue weighted by Gasteiger charge is -2.11. The highest BCUT2D eigenvalue weighted by atomic mass is 127. The van der Waals surface area contributed by atoms with Gasteiger partial charge in [-0.1, -0.05) is 54.6 Å². The van der Waals surface area contributed by atoms with Gasteiger partial charge in [0, 0.05) is 20.2 Å². The van der Waals surface area contributed by atoms with E-state index in [0.29, 0.717) is 13.2 Å². The third kappa shape index (κ3) is 8.67. The molecule has 2 aromatic carbocycles. The summed E-state index contributed by atoms with van der Waals surface area (Å²) in [6.45, 7) is 5.14. The van der Waals surface area contributed by atoms with E-state index in [2.05, 4.69) is 77.1 Å². The number of ether oxygens (including phenoxy) is 1. The fourth-order valence-corrected chi connectivity index (χ4v) is 2.64. The van der Waals surface area contributed by atoms with Gasteiger partial charge in [-0.05, 0) is 36.5 Å². The van der Waals surface area contributed by atoms with E-state index in [1.54, 1.807) is 7.11 Å². The van der Waals surface area contributed by atoms with Crippen LogP contribution in [-0.2, 0) is 24.3 Å². The number of nitrogens with zero attached hydrogens (tertiary/aromatic N) is 1. The van der Waals surface area contributed by atoms with Crippen LogP contribution in [-0.4, -0.2) is 26.2 Å². The summed E-state index contributed by atoms with van der Waals surface area (Å²) in [6.07, 6.45) is 2.16. The molecule has 0 saturated heterocycles. The lowest BCUT2D eigenvalue weighted by molar-refractivity contribution is 0.185. The fourth-order valence-electron chi connectivity index (χ4n) is 2.64. The number of rotatable bonds is 9. The van der Waals surface area contributed by atoms with E-state index < -0.39 is 0 Å². The summed E-state index contributed by atoms with van der Waals surface area (Å²) in [4.78, 5) is 4.68. The molecular formula is C21H30IN3O. The van der Waals surface area contributed by atoms with E-state index in [-0.39, 0.29) is 24.0 Å². The second-order valence-corrected chi connectivity index (χ2v) is 5.96. The second kappa shape index (κ2) is 13.6. The van der Waals surface area contributed by atoms with Gasteiger partial charge in [-0.25, -0.2) is 4.99 Å². The van der Waals surface area contributed by atoms with Crippen LogP contribution in [0.2, 0.25) is 0 Å². The molecule has 2 N–H and O–H groups in total. The lowest BCUT2D eigenvalue weighted by Crippen LogP contribution is -2.37. The highest BCUT2D eigenvalue weighted by Crippen LogP contribution is 2.07. The van der Waals surface area contributed by atoms with Crippen molar-refractivity contribution in [2.45, 2.75) is 32.9 Å². The Morgan fingerprint density at radius 3 is 2.42 bits per heavy atom. The minimum atomic E-state index is 0. The third-order valence-corrected chi connectivity index (χ3v) is 3.84. The molecule has 0 aliphatic carbocycles. The molecule has 5 heteroatoms. The average molecular weight is 467 g/mol. The zero-order valence-electron chi connectivity index (χ0n) is 15.7. The maximum Gasteiger partial charge on any atom is 0.191 e. The first kappa shape index (κ1) is 22.4. The highest BCUT2D eigenvalue weighted by molar-refractivity contribution is 14.0. The Bertz CT molecular complexity index is 647. The van der Waals surface area contributed by atoms with E-state index >= 15 is 0 Å². The molecule has 0 amide bonds. The monoisotopic (exact) mass is 467 g/mol. The Labute approximate surface area is 174 Å². The number of benzene rings is 2. The predicted octanol–water partition coefficient (Wildman–Crippen LogP) is 4.14. The van der Waals surface area contributed by atoms with Gasteiger partial charge < -0.3 is 15.4 Å². The molecule has 0 radical (unpaired) electrons. The van der Waals surface area contributed by atoms with Gasteiger partial charge in [0.1, 0.15) is 0 Å². The molecule has 26 heavy (non-hydrogen) atoms. The van der Waals surface area contributed by atoms with Crippen molar-refractivity contribution < 1.29 is 4.74 Å². The van der Waals surface area contributed by atoms with Crippen molar-refractivity contribution in [2.24, 2.45) is 4.99 Å². The minimum absolute atomic E-state index is 0. The largest absolute Gasteiger partial charge is 0.380 e. The zero-order chi connectivity index (χ0) is 17.7. The van der Waals surface area contributed by atoms with Crippen molar-refractivity contribution in [1.29, 1.82) is 0 Å². The van der Waals surface area contributed by atoms with Crippen LogP contribution < -0.4 is 10.6 Å². The summed E-state index contributed by atoms with van der Waals surface area (Å²) in [7, 11) is 1.72. The minimum Gasteiger partial charge on any atom is -0.380 e. The van der Waals surface area contributed by atoms with Crippen molar-refractivity contribution >= 4 is 29.9 Å². The van der Waals surface area contributed by atoms with Crippen molar-refractivity contribution in [1.82, 2.24) is 10.6 Å². The maximum atomic E-state index is 5.19. The van der Waals surface area contributed by atoms with Crippen LogP contribution in [0, 0.1) is 0 Å². The first-order chi connectivity index (χ1) is 12.3. The van der Waals surface area contributed by atoms with Gasteiger partial charge in [0.15, 0.2) is 5.96 Å². The molecule has 2 rings (SSSR count). The van der Waals surface area contributed by atoms with Crippen molar-refractivity contribution in [2.75, 3.05) is 20.2 Å². The van der Waals surface area contributed by atoms with Crippen molar-refractivity contribution in [3.05, 3.63) is 71.3 Å². The average Bonchev–Trinajstić information content (AvgIpc) is 2.64. The number of methoxy groups -OCH3 is 1. The first-order valence-electron chi connectivity index (χ1n) is 8.94. The molecule has 0 spiro atoms. The van der Waals surface area contributed by atoms with Gasteiger partial charge in [-0.3, -0.25) is 0 Å². The smallest absolute Gasteiger partial charge is 0.191 e. The van der Waals surface area contributed by atoms with Gasteiger partial charge in [0.25, 0.3) is 0 Å². The van der Waals surface area contributed by atoms with Crippen LogP contribution in [0.3, 0.4) is 0 Å². The van der Waals surface area contributed by atoms with Gasteiger partial charge in [0.2, 0.25) is 0 Å². The molecule has 0 heterocycles. The van der Waals surface area contributed by atoms with Crippen LogP contribution >= 0.6 is 24.0 Å². The Morgan fingerprint density at radius 1 is 0.962 bits per heavy atom. The molecule has 0 unspecified atom stereocenters. The topological polar surface area (TPSA) is 45.7 Å². The van der Waals surface area contributed by atoms with Crippen LogP contribution in [0.5, 0.6) is 0 Å². The molecule has 2 aromatic rings. The number of halogens is 1. The lowest BCUT2D eigenvalue weighted by atomic mass is 10.1. The van der Waals surface area contributed by atoms with Gasteiger partial charge >= 0.3 is 0 Å². The molecule has 4 nitrogen and oxygen atoms in total. The van der Waals surface area contributed by atoms with E-state index in [1.807, 2.05) is 0 Å². The molecule has 0 aromatic heterocycles. The molecule has 0 atom stereocenters. The van der Waals surface area contributed by atoms with Crippen LogP contribution in [0.25, 0.3) is 0 Å².